The smallest absolute Gasteiger partial charge is 0.225 e. The van der Waals surface area contributed by atoms with Crippen molar-refractivity contribution in [2.24, 2.45) is 0 Å². The molecule has 1 unspecified atom stereocenters. The van der Waals surface area contributed by atoms with E-state index in [1.54, 1.807) is 24.4 Å². The molecule has 0 bridgehead atoms. The normalized spacial score (nSPS) is 12.5. The summed E-state index contributed by atoms with van der Waals surface area (Å²) in [4.78, 5) is 11.6. The molecule has 1 atom stereocenters. The van der Waals surface area contributed by atoms with Crippen LogP contribution in [0.15, 0.2) is 78.1 Å². The lowest BCUT2D eigenvalue weighted by atomic mass is 10.1. The van der Waals surface area contributed by atoms with Crippen LogP contribution >= 0.6 is 0 Å². The molecule has 0 aliphatic rings. The minimum Gasteiger partial charge on any atom is -0.364 e. The molecular weight excluding hydrogens is 415 g/mol. The van der Waals surface area contributed by atoms with Crippen LogP contribution in [0, 0.1) is 5.82 Å². The van der Waals surface area contributed by atoms with Gasteiger partial charge in [-0.3, -0.25) is 0 Å². The predicted molar refractivity (Wildman–Crippen MR) is 119 cm³/mol. The number of aromatic amines is 1. The molecule has 0 saturated carbocycles. The van der Waals surface area contributed by atoms with Crippen LogP contribution in [-0.4, -0.2) is 29.6 Å². The number of hydrogen-bond donors (Lipinski definition) is 2. The third-order valence-corrected chi connectivity index (χ3v) is 5.76. The van der Waals surface area contributed by atoms with Gasteiger partial charge in [0.15, 0.2) is 0 Å². The van der Waals surface area contributed by atoms with Crippen molar-refractivity contribution in [2.75, 3.05) is 11.6 Å². The Bertz CT molecular complexity index is 1300. The Kier molecular flexibility index (Phi) is 5.56. The van der Waals surface area contributed by atoms with Gasteiger partial charge in [-0.2, -0.15) is 0 Å². The quantitative estimate of drug-likeness (QED) is 0.451. The maximum atomic E-state index is 13.4. The molecule has 0 saturated heterocycles. The van der Waals surface area contributed by atoms with Crippen LogP contribution in [0.3, 0.4) is 0 Å². The first-order chi connectivity index (χ1) is 14.8. The Labute approximate surface area is 180 Å². The number of H-pyrrole nitrogens is 1. The molecule has 0 fully saturated rings. The highest BCUT2D eigenvalue weighted by molar-refractivity contribution is 7.90. The molecule has 0 radical (unpaired) electrons. The van der Waals surface area contributed by atoms with Gasteiger partial charge in [0, 0.05) is 29.6 Å². The van der Waals surface area contributed by atoms with E-state index in [2.05, 4.69) is 20.3 Å². The van der Waals surface area contributed by atoms with E-state index in [-0.39, 0.29) is 17.0 Å². The van der Waals surface area contributed by atoms with Crippen LogP contribution in [0.5, 0.6) is 0 Å². The number of benzene rings is 2. The summed E-state index contributed by atoms with van der Waals surface area (Å²) in [6, 6.07) is 19.4. The number of hydrogen-bond acceptors (Lipinski definition) is 5. The van der Waals surface area contributed by atoms with Gasteiger partial charge in [0.25, 0.3) is 0 Å². The van der Waals surface area contributed by atoms with Crippen molar-refractivity contribution >= 4 is 15.7 Å². The summed E-state index contributed by atoms with van der Waals surface area (Å²) in [7, 11) is -3.57. The lowest BCUT2D eigenvalue weighted by Crippen LogP contribution is -2.07. The molecule has 0 spiro atoms. The predicted octanol–water partition coefficient (Wildman–Crippen LogP) is 4.85. The van der Waals surface area contributed by atoms with Crippen LogP contribution in [0.1, 0.15) is 18.5 Å². The van der Waals surface area contributed by atoms with Crippen LogP contribution in [0.25, 0.3) is 22.5 Å². The van der Waals surface area contributed by atoms with Crippen molar-refractivity contribution in [3.63, 3.8) is 0 Å². The zero-order chi connectivity index (χ0) is 22.0. The summed E-state index contributed by atoms with van der Waals surface area (Å²) < 4.78 is 37.6. The molecule has 0 amide bonds. The number of aromatic nitrogens is 3. The Balaban J connectivity index is 1.74. The van der Waals surface area contributed by atoms with Crippen molar-refractivity contribution in [3.8, 4) is 22.5 Å². The molecule has 158 valence electrons. The highest BCUT2D eigenvalue weighted by atomic mass is 32.2. The van der Waals surface area contributed by atoms with Crippen LogP contribution < -0.4 is 5.32 Å². The lowest BCUT2D eigenvalue weighted by Gasteiger charge is -2.15. The number of sulfone groups is 1. The second-order valence-corrected chi connectivity index (χ2v) is 9.18. The average Bonchev–Trinajstić information content (AvgIpc) is 3.21. The van der Waals surface area contributed by atoms with E-state index in [1.807, 2.05) is 43.3 Å². The molecule has 2 heterocycles. The Morgan fingerprint density at radius 3 is 2.39 bits per heavy atom. The van der Waals surface area contributed by atoms with E-state index in [0.29, 0.717) is 28.3 Å². The molecule has 31 heavy (non-hydrogen) atoms. The monoisotopic (exact) mass is 436 g/mol. The fourth-order valence-corrected chi connectivity index (χ4v) is 3.81. The van der Waals surface area contributed by atoms with Gasteiger partial charge >= 0.3 is 0 Å². The highest BCUT2D eigenvalue weighted by Gasteiger charge is 2.20. The van der Waals surface area contributed by atoms with Crippen molar-refractivity contribution < 1.29 is 12.8 Å². The molecule has 6 nitrogen and oxygen atoms in total. The minimum atomic E-state index is -3.57. The van der Waals surface area contributed by atoms with E-state index >= 15 is 0 Å². The van der Waals surface area contributed by atoms with E-state index < -0.39 is 9.84 Å². The van der Waals surface area contributed by atoms with Crippen molar-refractivity contribution in [2.45, 2.75) is 18.1 Å². The van der Waals surface area contributed by atoms with Crippen molar-refractivity contribution in [1.82, 2.24) is 15.0 Å². The largest absolute Gasteiger partial charge is 0.364 e. The first kappa shape index (κ1) is 20.7. The topological polar surface area (TPSA) is 87.7 Å². The molecule has 4 rings (SSSR count). The number of nitrogens with one attached hydrogen (secondary N) is 2. The zero-order valence-electron chi connectivity index (χ0n) is 17.0. The summed E-state index contributed by atoms with van der Waals surface area (Å²) in [5.74, 6) is 0.251. The summed E-state index contributed by atoms with van der Waals surface area (Å²) in [5, 5.41) is 3.21. The standard InChI is InChI=1S/C23H21FN4O2S/c1-15(16-6-4-3-5-7-16)26-20-14-18(12-13-25-20)22-21(17-8-10-19(24)11-9-17)27-23(28-22)31(2,29)30/h3-15H,1-2H3,(H,25,26)(H,27,28). The Morgan fingerprint density at radius 1 is 1.00 bits per heavy atom. The van der Waals surface area contributed by atoms with Gasteiger partial charge in [0.05, 0.1) is 11.4 Å². The number of anilines is 1. The zero-order valence-corrected chi connectivity index (χ0v) is 17.8. The second kappa shape index (κ2) is 8.31. The van der Waals surface area contributed by atoms with Gasteiger partial charge in [-0.1, -0.05) is 30.3 Å². The van der Waals surface area contributed by atoms with E-state index in [4.69, 9.17) is 0 Å². The van der Waals surface area contributed by atoms with Crippen LogP contribution in [0.2, 0.25) is 0 Å². The molecule has 2 aromatic heterocycles. The average molecular weight is 437 g/mol. The molecular formula is C23H21FN4O2S. The Morgan fingerprint density at radius 2 is 1.71 bits per heavy atom. The fourth-order valence-electron chi connectivity index (χ4n) is 3.27. The van der Waals surface area contributed by atoms with E-state index in [1.165, 1.54) is 12.1 Å². The van der Waals surface area contributed by atoms with Gasteiger partial charge in [0.2, 0.25) is 15.0 Å². The van der Waals surface area contributed by atoms with Crippen molar-refractivity contribution in [1.29, 1.82) is 0 Å². The third kappa shape index (κ3) is 4.64. The summed E-state index contributed by atoms with van der Waals surface area (Å²) in [5.41, 5.74) is 3.37. The van der Waals surface area contributed by atoms with Crippen molar-refractivity contribution in [3.05, 3.63) is 84.3 Å². The molecule has 2 aromatic carbocycles. The minimum absolute atomic E-state index is 0.0197. The molecule has 2 N–H and O–H groups in total. The number of nitrogens with zero attached hydrogens (tertiary/aromatic N) is 2. The third-order valence-electron chi connectivity index (χ3n) is 4.86. The van der Waals surface area contributed by atoms with Gasteiger partial charge in [-0.15, -0.1) is 0 Å². The first-order valence-corrected chi connectivity index (χ1v) is 11.5. The highest BCUT2D eigenvalue weighted by Crippen LogP contribution is 2.32. The van der Waals surface area contributed by atoms with Gasteiger partial charge in [0.1, 0.15) is 11.6 Å². The van der Waals surface area contributed by atoms with E-state index in [0.717, 1.165) is 11.8 Å². The molecule has 0 aliphatic heterocycles. The fraction of sp³-hybridized carbons (Fsp3) is 0.130. The maximum Gasteiger partial charge on any atom is 0.225 e. The van der Waals surface area contributed by atoms with Crippen LogP contribution in [-0.2, 0) is 9.84 Å². The van der Waals surface area contributed by atoms with Gasteiger partial charge in [-0.25, -0.2) is 22.8 Å². The number of rotatable bonds is 6. The molecule has 4 aromatic rings. The maximum absolute atomic E-state index is 13.4. The van der Waals surface area contributed by atoms with Gasteiger partial charge < -0.3 is 10.3 Å². The van der Waals surface area contributed by atoms with Crippen LogP contribution in [0.4, 0.5) is 10.2 Å². The molecule has 0 aliphatic carbocycles. The lowest BCUT2D eigenvalue weighted by molar-refractivity contribution is 0.595. The summed E-state index contributed by atoms with van der Waals surface area (Å²) in [6.07, 6.45) is 2.73. The van der Waals surface area contributed by atoms with Gasteiger partial charge in [-0.05, 0) is 48.9 Å². The van der Waals surface area contributed by atoms with E-state index in [9.17, 15) is 12.8 Å². The number of halogens is 1. The first-order valence-electron chi connectivity index (χ1n) is 9.65. The SMILES string of the molecule is CC(Nc1cc(-c2nc(S(C)(=O)=O)[nH]c2-c2ccc(F)cc2)ccn1)c1ccccc1. The summed E-state index contributed by atoms with van der Waals surface area (Å²) >= 11 is 0. The number of imidazole rings is 1. The Hall–Kier alpha value is -3.52. The number of pyridine rings is 1. The molecule has 8 heteroatoms. The second-order valence-electron chi connectivity index (χ2n) is 7.25. The summed E-state index contributed by atoms with van der Waals surface area (Å²) in [6.45, 7) is 2.03.